The van der Waals surface area contributed by atoms with Gasteiger partial charge in [0.05, 0.1) is 7.11 Å². The molecule has 0 aliphatic heterocycles. The lowest BCUT2D eigenvalue weighted by Gasteiger charge is -2.21. The minimum Gasteiger partial charge on any atom is -0.468 e. The Hall–Kier alpha value is -1.35. The summed E-state index contributed by atoms with van der Waals surface area (Å²) < 4.78 is 4.71. The zero-order valence-corrected chi connectivity index (χ0v) is 11.0. The summed E-state index contributed by atoms with van der Waals surface area (Å²) in [6, 6.07) is 8.27. The molecule has 0 spiro atoms. The molecule has 1 aromatic rings. The summed E-state index contributed by atoms with van der Waals surface area (Å²) in [4.78, 5) is 11.4. The van der Waals surface area contributed by atoms with Gasteiger partial charge in [0.1, 0.15) is 6.04 Å². The number of methoxy groups -OCH3 is 1. The molecule has 0 bridgehead atoms. The van der Waals surface area contributed by atoms with Crippen LogP contribution in [0.4, 0.5) is 0 Å². The van der Waals surface area contributed by atoms with Crippen LogP contribution in [-0.2, 0) is 9.53 Å². The van der Waals surface area contributed by atoms with Crippen LogP contribution < -0.4 is 5.32 Å². The fraction of sp³-hybridized carbons (Fsp3) is 0.500. The molecule has 1 aromatic carbocycles. The second kappa shape index (κ2) is 6.40. The van der Waals surface area contributed by atoms with Gasteiger partial charge in [-0.15, -0.1) is 0 Å². The molecule has 0 aliphatic rings. The monoisotopic (exact) mass is 235 g/mol. The zero-order chi connectivity index (χ0) is 12.8. The van der Waals surface area contributed by atoms with Gasteiger partial charge in [0.25, 0.3) is 0 Å². The lowest BCUT2D eigenvalue weighted by molar-refractivity contribution is -0.142. The van der Waals surface area contributed by atoms with E-state index < -0.39 is 0 Å². The number of hydrogen-bond acceptors (Lipinski definition) is 3. The van der Waals surface area contributed by atoms with E-state index in [0.29, 0.717) is 0 Å². The number of esters is 1. The Bertz CT molecular complexity index is 359. The number of hydrogen-bond donors (Lipinski definition) is 1. The molecule has 1 rings (SSSR count). The van der Waals surface area contributed by atoms with Crippen LogP contribution in [0.5, 0.6) is 0 Å². The first-order valence-electron chi connectivity index (χ1n) is 5.99. The first-order chi connectivity index (χ1) is 8.08. The van der Waals surface area contributed by atoms with E-state index >= 15 is 0 Å². The van der Waals surface area contributed by atoms with Crippen LogP contribution >= 0.6 is 0 Å². The van der Waals surface area contributed by atoms with Crippen molar-refractivity contribution in [2.24, 2.45) is 0 Å². The van der Waals surface area contributed by atoms with E-state index in [1.54, 1.807) is 0 Å². The van der Waals surface area contributed by atoms with E-state index in [2.05, 4.69) is 43.4 Å². The third kappa shape index (κ3) is 3.86. The highest BCUT2D eigenvalue weighted by Gasteiger charge is 2.18. The van der Waals surface area contributed by atoms with Crippen molar-refractivity contribution in [2.45, 2.75) is 39.3 Å². The molecule has 1 unspecified atom stereocenters. The van der Waals surface area contributed by atoms with Crippen LogP contribution in [0.3, 0.4) is 0 Å². The average molecular weight is 235 g/mol. The van der Waals surface area contributed by atoms with Crippen LogP contribution in [0.1, 0.15) is 37.4 Å². The molecule has 0 radical (unpaired) electrons. The van der Waals surface area contributed by atoms with Crippen LogP contribution in [0.15, 0.2) is 24.3 Å². The molecule has 0 fully saturated rings. The molecular weight excluding hydrogens is 214 g/mol. The fourth-order valence-electron chi connectivity index (χ4n) is 1.80. The van der Waals surface area contributed by atoms with Gasteiger partial charge in [-0.1, -0.05) is 36.8 Å². The van der Waals surface area contributed by atoms with Gasteiger partial charge in [0.2, 0.25) is 0 Å². The quantitative estimate of drug-likeness (QED) is 0.797. The summed E-state index contributed by atoms with van der Waals surface area (Å²) in [5, 5.41) is 3.28. The van der Waals surface area contributed by atoms with Gasteiger partial charge in [-0.05, 0) is 25.8 Å². The molecule has 2 atom stereocenters. The summed E-state index contributed by atoms with van der Waals surface area (Å²) in [5.74, 6) is -0.226. The second-order valence-electron chi connectivity index (χ2n) is 4.28. The van der Waals surface area contributed by atoms with Gasteiger partial charge in [0.15, 0.2) is 0 Å². The Kier molecular flexibility index (Phi) is 5.16. The van der Waals surface area contributed by atoms with Gasteiger partial charge < -0.3 is 4.74 Å². The van der Waals surface area contributed by atoms with Crippen molar-refractivity contribution < 1.29 is 9.53 Å². The van der Waals surface area contributed by atoms with Crippen LogP contribution in [0.2, 0.25) is 0 Å². The standard InChI is InChI=1S/C14H21NO2/c1-5-13(15-11(3)14(16)17-4)12-8-6-10(2)7-9-12/h6-9,11,13,15H,5H2,1-4H3/t11-,13?/m0/s1. The van der Waals surface area contributed by atoms with E-state index in [0.717, 1.165) is 6.42 Å². The van der Waals surface area contributed by atoms with Crippen LogP contribution in [0.25, 0.3) is 0 Å². The average Bonchev–Trinajstić information content (AvgIpc) is 2.35. The number of aryl methyl sites for hydroxylation is 1. The number of carbonyl (C=O) groups excluding carboxylic acids is 1. The molecule has 3 heteroatoms. The molecule has 0 aliphatic carbocycles. The molecule has 0 saturated carbocycles. The summed E-state index contributed by atoms with van der Waals surface area (Å²) >= 11 is 0. The lowest BCUT2D eigenvalue weighted by Crippen LogP contribution is -2.37. The molecule has 17 heavy (non-hydrogen) atoms. The Balaban J connectivity index is 2.71. The van der Waals surface area contributed by atoms with Gasteiger partial charge in [0, 0.05) is 6.04 Å². The maximum Gasteiger partial charge on any atom is 0.322 e. The normalized spacial score (nSPS) is 14.1. The summed E-state index contributed by atoms with van der Waals surface area (Å²) in [5.41, 5.74) is 2.44. The highest BCUT2D eigenvalue weighted by Crippen LogP contribution is 2.17. The SMILES string of the molecule is CCC(N[C@@H](C)C(=O)OC)c1ccc(C)cc1. The number of carbonyl (C=O) groups is 1. The molecule has 0 heterocycles. The highest BCUT2D eigenvalue weighted by molar-refractivity contribution is 5.75. The number of nitrogens with one attached hydrogen (secondary N) is 1. The molecular formula is C14H21NO2. The molecule has 3 nitrogen and oxygen atoms in total. The Morgan fingerprint density at radius 1 is 1.35 bits per heavy atom. The summed E-state index contributed by atoms with van der Waals surface area (Å²) in [6.07, 6.45) is 0.935. The maximum atomic E-state index is 11.4. The van der Waals surface area contributed by atoms with Gasteiger partial charge in [-0.25, -0.2) is 0 Å². The van der Waals surface area contributed by atoms with E-state index in [1.165, 1.54) is 18.2 Å². The van der Waals surface area contributed by atoms with Crippen molar-refractivity contribution in [3.63, 3.8) is 0 Å². The number of benzene rings is 1. The van der Waals surface area contributed by atoms with E-state index in [9.17, 15) is 4.79 Å². The van der Waals surface area contributed by atoms with Gasteiger partial charge in [-0.2, -0.15) is 0 Å². The molecule has 0 aromatic heterocycles. The molecule has 94 valence electrons. The minimum atomic E-state index is -0.286. The predicted molar refractivity (Wildman–Crippen MR) is 68.8 cm³/mol. The Morgan fingerprint density at radius 3 is 2.41 bits per heavy atom. The minimum absolute atomic E-state index is 0.185. The fourth-order valence-corrected chi connectivity index (χ4v) is 1.80. The zero-order valence-electron chi connectivity index (χ0n) is 11.0. The van der Waals surface area contributed by atoms with Gasteiger partial charge in [-0.3, -0.25) is 10.1 Å². The third-order valence-corrected chi connectivity index (χ3v) is 2.89. The van der Waals surface area contributed by atoms with Crippen molar-refractivity contribution in [3.8, 4) is 0 Å². The van der Waals surface area contributed by atoms with Crippen molar-refractivity contribution in [1.82, 2.24) is 5.32 Å². The topological polar surface area (TPSA) is 38.3 Å². The van der Waals surface area contributed by atoms with Crippen LogP contribution in [-0.4, -0.2) is 19.1 Å². The van der Waals surface area contributed by atoms with E-state index in [1.807, 2.05) is 6.92 Å². The lowest BCUT2D eigenvalue weighted by atomic mass is 10.0. The highest BCUT2D eigenvalue weighted by atomic mass is 16.5. The smallest absolute Gasteiger partial charge is 0.322 e. The number of ether oxygens (including phenoxy) is 1. The van der Waals surface area contributed by atoms with Crippen molar-refractivity contribution in [3.05, 3.63) is 35.4 Å². The molecule has 1 N–H and O–H groups in total. The molecule has 0 saturated heterocycles. The largest absolute Gasteiger partial charge is 0.468 e. The second-order valence-corrected chi connectivity index (χ2v) is 4.28. The first-order valence-corrected chi connectivity index (χ1v) is 5.99. The van der Waals surface area contributed by atoms with Crippen LogP contribution in [0, 0.1) is 6.92 Å². The maximum absolute atomic E-state index is 11.4. The third-order valence-electron chi connectivity index (χ3n) is 2.89. The first kappa shape index (κ1) is 13.7. The predicted octanol–water partition coefficient (Wildman–Crippen LogP) is 2.60. The Morgan fingerprint density at radius 2 is 1.94 bits per heavy atom. The van der Waals surface area contributed by atoms with Crippen molar-refractivity contribution in [2.75, 3.05) is 7.11 Å². The summed E-state index contributed by atoms with van der Waals surface area (Å²) in [7, 11) is 1.41. The van der Waals surface area contributed by atoms with Gasteiger partial charge >= 0.3 is 5.97 Å². The molecule has 0 amide bonds. The van der Waals surface area contributed by atoms with Crippen molar-refractivity contribution >= 4 is 5.97 Å². The number of rotatable bonds is 5. The van der Waals surface area contributed by atoms with Crippen molar-refractivity contribution in [1.29, 1.82) is 0 Å². The summed E-state index contributed by atoms with van der Waals surface area (Å²) in [6.45, 7) is 5.99. The van der Waals surface area contributed by atoms with E-state index in [-0.39, 0.29) is 18.1 Å². The van der Waals surface area contributed by atoms with E-state index in [4.69, 9.17) is 4.74 Å². The Labute approximate surface area is 103 Å².